The lowest BCUT2D eigenvalue weighted by Crippen LogP contribution is -2.05. The summed E-state index contributed by atoms with van der Waals surface area (Å²) in [5.74, 6) is 0.437. The quantitative estimate of drug-likeness (QED) is 0.769. The third-order valence-electron chi connectivity index (χ3n) is 3.73. The predicted octanol–water partition coefficient (Wildman–Crippen LogP) is 4.08. The van der Waals surface area contributed by atoms with Crippen molar-refractivity contribution in [3.63, 3.8) is 0 Å². The van der Waals surface area contributed by atoms with E-state index in [4.69, 9.17) is 0 Å². The molecular formula is C15H15F3N2. The molecule has 3 rings (SSSR count). The van der Waals surface area contributed by atoms with Crippen LogP contribution in [0.3, 0.4) is 0 Å². The van der Waals surface area contributed by atoms with Gasteiger partial charge in [-0.3, -0.25) is 0 Å². The Balaban J connectivity index is 2.14. The highest BCUT2D eigenvalue weighted by Gasteiger charge is 2.35. The number of aromatic nitrogens is 2. The maximum Gasteiger partial charge on any atom is 0.434 e. The predicted molar refractivity (Wildman–Crippen MR) is 70.4 cm³/mol. The number of halogens is 3. The summed E-state index contributed by atoms with van der Waals surface area (Å²) < 4.78 is 40.0. The molecule has 2 nitrogen and oxygen atoms in total. The monoisotopic (exact) mass is 280 g/mol. The van der Waals surface area contributed by atoms with E-state index >= 15 is 0 Å². The number of alkyl halides is 3. The molecule has 0 N–H and O–H groups in total. The van der Waals surface area contributed by atoms with E-state index in [1.807, 2.05) is 12.1 Å². The van der Waals surface area contributed by atoms with E-state index in [-0.39, 0.29) is 0 Å². The van der Waals surface area contributed by atoms with E-state index in [1.165, 1.54) is 5.56 Å². The van der Waals surface area contributed by atoms with Crippen molar-refractivity contribution < 1.29 is 13.2 Å². The fourth-order valence-electron chi connectivity index (χ4n) is 2.67. The van der Waals surface area contributed by atoms with Crippen LogP contribution in [0, 0.1) is 0 Å². The van der Waals surface area contributed by atoms with Crippen molar-refractivity contribution in [1.29, 1.82) is 0 Å². The highest BCUT2D eigenvalue weighted by atomic mass is 19.4. The summed E-state index contributed by atoms with van der Waals surface area (Å²) in [6, 6.07) is 5.96. The molecule has 0 saturated heterocycles. The smallest absolute Gasteiger partial charge is 0.330 e. The average molecular weight is 280 g/mol. The van der Waals surface area contributed by atoms with Crippen LogP contribution in [0.4, 0.5) is 13.2 Å². The zero-order chi connectivity index (χ0) is 14.3. The third kappa shape index (κ3) is 2.21. The minimum Gasteiger partial charge on any atom is -0.330 e. The van der Waals surface area contributed by atoms with Crippen LogP contribution in [0.5, 0.6) is 0 Å². The Labute approximate surface area is 115 Å². The second-order valence-electron chi connectivity index (χ2n) is 5.09. The Hall–Kier alpha value is -1.78. The first-order valence-corrected chi connectivity index (χ1v) is 6.75. The summed E-state index contributed by atoms with van der Waals surface area (Å²) in [7, 11) is 0. The lowest BCUT2D eigenvalue weighted by Gasteiger charge is -2.07. The number of rotatable bonds is 1. The Morgan fingerprint density at radius 2 is 2.10 bits per heavy atom. The van der Waals surface area contributed by atoms with Gasteiger partial charge in [-0.15, -0.1) is 0 Å². The lowest BCUT2D eigenvalue weighted by molar-refractivity contribution is -0.140. The fraction of sp³-hybridized carbons (Fsp3) is 0.400. The molecular weight excluding hydrogens is 265 g/mol. The van der Waals surface area contributed by atoms with Crippen molar-refractivity contribution in [3.8, 4) is 11.4 Å². The van der Waals surface area contributed by atoms with Gasteiger partial charge in [-0.05, 0) is 30.4 Å². The molecule has 0 spiro atoms. The molecule has 0 fully saturated rings. The molecule has 1 aromatic heterocycles. The first-order valence-electron chi connectivity index (χ1n) is 6.75. The number of nitrogens with zero attached hydrogens (tertiary/aromatic N) is 2. The standard InChI is InChI=1S/C15H15F3N2/c1-2-10-5-6-12-11(8-10)4-3-7-20-9-13(15(16,17)18)19-14(12)20/h5-6,8-9H,2-4,7H2,1H3. The topological polar surface area (TPSA) is 17.8 Å². The highest BCUT2D eigenvalue weighted by molar-refractivity contribution is 5.63. The summed E-state index contributed by atoms with van der Waals surface area (Å²) >= 11 is 0. The Morgan fingerprint density at radius 3 is 2.80 bits per heavy atom. The molecule has 0 atom stereocenters. The van der Waals surface area contributed by atoms with Gasteiger partial charge in [-0.25, -0.2) is 4.98 Å². The van der Waals surface area contributed by atoms with E-state index in [2.05, 4.69) is 18.0 Å². The largest absolute Gasteiger partial charge is 0.434 e. The molecule has 5 heteroatoms. The fourth-order valence-corrected chi connectivity index (χ4v) is 2.67. The summed E-state index contributed by atoms with van der Waals surface area (Å²) in [6.45, 7) is 2.65. The molecule has 106 valence electrons. The number of aryl methyl sites for hydroxylation is 3. The van der Waals surface area contributed by atoms with E-state index in [0.717, 1.165) is 36.6 Å². The van der Waals surface area contributed by atoms with Crippen LogP contribution < -0.4 is 0 Å². The third-order valence-corrected chi connectivity index (χ3v) is 3.73. The number of hydrogen-bond donors (Lipinski definition) is 0. The average Bonchev–Trinajstić information content (AvgIpc) is 2.76. The van der Waals surface area contributed by atoms with Crippen molar-refractivity contribution in [2.75, 3.05) is 0 Å². The molecule has 0 bridgehead atoms. The summed E-state index contributed by atoms with van der Waals surface area (Å²) in [5.41, 5.74) is 2.33. The minimum absolute atomic E-state index is 0.437. The van der Waals surface area contributed by atoms with Gasteiger partial charge in [0.15, 0.2) is 5.69 Å². The number of hydrogen-bond acceptors (Lipinski definition) is 1. The van der Waals surface area contributed by atoms with Crippen LogP contribution in [0.15, 0.2) is 24.4 Å². The van der Waals surface area contributed by atoms with Crippen molar-refractivity contribution in [1.82, 2.24) is 9.55 Å². The second kappa shape index (κ2) is 4.65. The van der Waals surface area contributed by atoms with Crippen molar-refractivity contribution >= 4 is 0 Å². The summed E-state index contributed by atoms with van der Waals surface area (Å²) in [4.78, 5) is 3.82. The van der Waals surface area contributed by atoms with E-state index in [9.17, 15) is 13.2 Å². The van der Waals surface area contributed by atoms with E-state index < -0.39 is 11.9 Å². The zero-order valence-corrected chi connectivity index (χ0v) is 11.2. The zero-order valence-electron chi connectivity index (χ0n) is 11.2. The number of fused-ring (bicyclic) bond motifs is 3. The van der Waals surface area contributed by atoms with E-state index in [1.54, 1.807) is 4.57 Å². The van der Waals surface area contributed by atoms with Crippen molar-refractivity contribution in [2.45, 2.75) is 38.9 Å². The van der Waals surface area contributed by atoms with Crippen LogP contribution in [-0.4, -0.2) is 9.55 Å². The Morgan fingerprint density at radius 1 is 1.30 bits per heavy atom. The van der Waals surface area contributed by atoms with E-state index in [0.29, 0.717) is 12.4 Å². The molecule has 0 amide bonds. The first kappa shape index (κ1) is 13.2. The van der Waals surface area contributed by atoms with Gasteiger partial charge in [0.2, 0.25) is 0 Å². The highest BCUT2D eigenvalue weighted by Crippen LogP contribution is 2.34. The SMILES string of the molecule is CCc1ccc2c(c1)CCCn1cc(C(F)(F)F)nc1-2. The molecule has 0 radical (unpaired) electrons. The summed E-state index contributed by atoms with van der Waals surface area (Å²) in [6.07, 6.45) is -0.620. The Kier molecular flexibility index (Phi) is 3.07. The van der Waals surface area contributed by atoms with Crippen molar-refractivity contribution in [3.05, 3.63) is 41.2 Å². The minimum atomic E-state index is -4.39. The number of benzene rings is 1. The van der Waals surface area contributed by atoms with Crippen LogP contribution in [0.25, 0.3) is 11.4 Å². The van der Waals surface area contributed by atoms with Gasteiger partial charge in [0.1, 0.15) is 5.82 Å². The molecule has 20 heavy (non-hydrogen) atoms. The van der Waals surface area contributed by atoms with Gasteiger partial charge in [0, 0.05) is 18.3 Å². The van der Waals surface area contributed by atoms with Gasteiger partial charge in [0.05, 0.1) is 0 Å². The normalized spacial score (nSPS) is 14.6. The first-order chi connectivity index (χ1) is 9.49. The van der Waals surface area contributed by atoms with Crippen LogP contribution in [0.2, 0.25) is 0 Å². The van der Waals surface area contributed by atoms with Gasteiger partial charge in [-0.1, -0.05) is 25.1 Å². The molecule has 0 saturated carbocycles. The maximum absolute atomic E-state index is 12.8. The maximum atomic E-state index is 12.8. The van der Waals surface area contributed by atoms with Gasteiger partial charge in [-0.2, -0.15) is 13.2 Å². The van der Waals surface area contributed by atoms with Crippen LogP contribution in [-0.2, 0) is 25.6 Å². The van der Waals surface area contributed by atoms with Gasteiger partial charge in [0.25, 0.3) is 0 Å². The molecule has 0 unspecified atom stereocenters. The van der Waals surface area contributed by atoms with Crippen molar-refractivity contribution in [2.24, 2.45) is 0 Å². The molecule has 1 aromatic carbocycles. The molecule has 2 aromatic rings. The summed E-state index contributed by atoms with van der Waals surface area (Å²) in [5, 5.41) is 0. The second-order valence-corrected chi connectivity index (χ2v) is 5.09. The lowest BCUT2D eigenvalue weighted by atomic mass is 9.99. The van der Waals surface area contributed by atoms with Crippen LogP contribution >= 0.6 is 0 Å². The van der Waals surface area contributed by atoms with Gasteiger partial charge < -0.3 is 4.57 Å². The molecule has 1 aliphatic heterocycles. The van der Waals surface area contributed by atoms with Gasteiger partial charge >= 0.3 is 6.18 Å². The molecule has 1 aliphatic rings. The molecule has 0 aliphatic carbocycles. The van der Waals surface area contributed by atoms with Crippen LogP contribution in [0.1, 0.15) is 30.2 Å². The Bertz CT molecular complexity index is 641. The number of imidazole rings is 1. The molecule has 2 heterocycles.